The van der Waals surface area contributed by atoms with E-state index in [4.69, 9.17) is 8.92 Å². The van der Waals surface area contributed by atoms with Crippen LogP contribution in [0.25, 0.3) is 0 Å². The van der Waals surface area contributed by atoms with E-state index in [9.17, 15) is 16.8 Å². The van der Waals surface area contributed by atoms with Gasteiger partial charge < -0.3 is 8.92 Å². The SMILES string of the molecule is COc1ccc(OS(=O)(=O)CC(C)(C)S(C)(=O)=O)cc1. The number of methoxy groups -OCH3 is 1. The van der Waals surface area contributed by atoms with E-state index in [1.54, 1.807) is 12.1 Å². The Hall–Kier alpha value is -1.28. The average Bonchev–Trinajstić information content (AvgIpc) is 2.26. The van der Waals surface area contributed by atoms with Gasteiger partial charge in [0, 0.05) is 6.26 Å². The summed E-state index contributed by atoms with van der Waals surface area (Å²) in [5.74, 6) is 0.0477. The smallest absolute Gasteiger partial charge is 0.310 e. The first-order chi connectivity index (χ1) is 8.97. The van der Waals surface area contributed by atoms with Crippen molar-refractivity contribution in [3.8, 4) is 11.5 Å². The first kappa shape index (κ1) is 16.8. The van der Waals surface area contributed by atoms with E-state index in [-0.39, 0.29) is 5.75 Å². The average molecular weight is 322 g/mol. The van der Waals surface area contributed by atoms with Crippen LogP contribution in [0.5, 0.6) is 11.5 Å². The predicted molar refractivity (Wildman–Crippen MR) is 76.3 cm³/mol. The van der Waals surface area contributed by atoms with Gasteiger partial charge in [-0.05, 0) is 38.1 Å². The summed E-state index contributed by atoms with van der Waals surface area (Å²) in [6, 6.07) is 5.97. The molecule has 0 saturated carbocycles. The van der Waals surface area contributed by atoms with Gasteiger partial charge >= 0.3 is 10.1 Å². The van der Waals surface area contributed by atoms with Crippen molar-refractivity contribution in [2.24, 2.45) is 0 Å². The van der Waals surface area contributed by atoms with Crippen molar-refractivity contribution in [1.29, 1.82) is 0 Å². The van der Waals surface area contributed by atoms with Gasteiger partial charge in [-0.1, -0.05) is 0 Å². The topological polar surface area (TPSA) is 86.7 Å². The number of hydrogen-bond acceptors (Lipinski definition) is 6. The molecule has 1 aromatic carbocycles. The van der Waals surface area contributed by atoms with Crippen LogP contribution < -0.4 is 8.92 Å². The molecule has 1 rings (SSSR count). The fourth-order valence-corrected chi connectivity index (χ4v) is 3.94. The Balaban J connectivity index is 2.90. The Morgan fingerprint density at radius 2 is 1.45 bits per heavy atom. The lowest BCUT2D eigenvalue weighted by Gasteiger charge is -2.21. The zero-order valence-electron chi connectivity index (χ0n) is 11.8. The molecule has 0 aliphatic carbocycles. The molecule has 8 heteroatoms. The molecule has 0 atom stereocenters. The van der Waals surface area contributed by atoms with Gasteiger partial charge in [-0.3, -0.25) is 0 Å². The van der Waals surface area contributed by atoms with Crippen molar-refractivity contribution in [1.82, 2.24) is 0 Å². The second kappa shape index (κ2) is 5.61. The monoisotopic (exact) mass is 322 g/mol. The van der Waals surface area contributed by atoms with E-state index < -0.39 is 30.5 Å². The number of sulfone groups is 1. The molecule has 0 heterocycles. The number of ether oxygens (including phenoxy) is 1. The van der Waals surface area contributed by atoms with E-state index >= 15 is 0 Å². The summed E-state index contributed by atoms with van der Waals surface area (Å²) in [5, 5.41) is 0. The van der Waals surface area contributed by atoms with Gasteiger partial charge in [0.15, 0.2) is 9.84 Å². The van der Waals surface area contributed by atoms with Gasteiger partial charge in [-0.15, -0.1) is 0 Å². The standard InChI is InChI=1S/C12H18O6S2/c1-12(2,19(4,13)14)9-20(15,16)18-11-7-5-10(17-3)6-8-11/h5-8H,9H2,1-4H3. The molecule has 0 amide bonds. The third kappa shape index (κ3) is 4.38. The molecule has 0 N–H and O–H groups in total. The van der Waals surface area contributed by atoms with Crippen LogP contribution in [0.3, 0.4) is 0 Å². The van der Waals surface area contributed by atoms with Crippen molar-refractivity contribution in [2.75, 3.05) is 19.1 Å². The summed E-state index contributed by atoms with van der Waals surface area (Å²) < 4.78 is 55.3. The van der Waals surface area contributed by atoms with Crippen LogP contribution in [0.1, 0.15) is 13.8 Å². The molecule has 0 unspecified atom stereocenters. The van der Waals surface area contributed by atoms with Crippen molar-refractivity contribution >= 4 is 20.0 Å². The minimum absolute atomic E-state index is 0.107. The minimum atomic E-state index is -4.02. The van der Waals surface area contributed by atoms with Crippen molar-refractivity contribution < 1.29 is 25.8 Å². The van der Waals surface area contributed by atoms with E-state index in [0.717, 1.165) is 6.26 Å². The van der Waals surface area contributed by atoms with Gasteiger partial charge in [0.2, 0.25) is 0 Å². The molecule has 0 aliphatic heterocycles. The Morgan fingerprint density at radius 1 is 1.00 bits per heavy atom. The van der Waals surface area contributed by atoms with Crippen LogP contribution in [-0.4, -0.2) is 40.7 Å². The lowest BCUT2D eigenvalue weighted by Crippen LogP contribution is -2.39. The Kier molecular flexibility index (Phi) is 4.70. The largest absolute Gasteiger partial charge is 0.497 e. The third-order valence-electron chi connectivity index (χ3n) is 2.81. The molecule has 0 aliphatic rings. The molecule has 1 aromatic rings. The molecule has 0 radical (unpaired) electrons. The second-order valence-electron chi connectivity index (χ2n) is 4.99. The van der Waals surface area contributed by atoms with E-state index in [1.807, 2.05) is 0 Å². The molecule has 20 heavy (non-hydrogen) atoms. The normalized spacial score (nSPS) is 13.0. The fourth-order valence-electron chi connectivity index (χ4n) is 1.34. The first-order valence-corrected chi connectivity index (χ1v) is 9.19. The van der Waals surface area contributed by atoms with Crippen molar-refractivity contribution in [3.63, 3.8) is 0 Å². The summed E-state index contributed by atoms with van der Waals surface area (Å²) in [7, 11) is -6.05. The van der Waals surface area contributed by atoms with Crippen LogP contribution >= 0.6 is 0 Å². The van der Waals surface area contributed by atoms with Gasteiger partial charge in [-0.2, -0.15) is 8.42 Å². The molecule has 0 aromatic heterocycles. The van der Waals surface area contributed by atoms with Crippen LogP contribution in [0, 0.1) is 0 Å². The maximum absolute atomic E-state index is 11.9. The Bertz CT molecular complexity index is 656. The number of benzene rings is 1. The molecular formula is C12H18O6S2. The molecule has 0 fully saturated rings. The molecule has 0 bridgehead atoms. The molecule has 6 nitrogen and oxygen atoms in total. The Morgan fingerprint density at radius 3 is 1.85 bits per heavy atom. The summed E-state index contributed by atoms with van der Waals surface area (Å²) >= 11 is 0. The maximum atomic E-state index is 11.9. The quantitative estimate of drug-likeness (QED) is 0.732. The fraction of sp³-hybridized carbons (Fsp3) is 0.500. The lowest BCUT2D eigenvalue weighted by atomic mass is 10.2. The molecule has 114 valence electrons. The van der Waals surface area contributed by atoms with Crippen molar-refractivity contribution in [2.45, 2.75) is 18.6 Å². The van der Waals surface area contributed by atoms with Crippen LogP contribution in [-0.2, 0) is 20.0 Å². The lowest BCUT2D eigenvalue weighted by molar-refractivity contribution is 0.413. The third-order valence-corrected chi connectivity index (χ3v) is 6.67. The van der Waals surface area contributed by atoms with E-state index in [1.165, 1.54) is 33.1 Å². The van der Waals surface area contributed by atoms with Crippen LogP contribution in [0.4, 0.5) is 0 Å². The summed E-state index contributed by atoms with van der Waals surface area (Å²) in [6.07, 6.45) is 0.996. The predicted octanol–water partition coefficient (Wildman–Crippen LogP) is 1.23. The van der Waals surface area contributed by atoms with Crippen LogP contribution in [0.2, 0.25) is 0 Å². The highest BCUT2D eigenvalue weighted by Crippen LogP contribution is 2.22. The van der Waals surface area contributed by atoms with Crippen molar-refractivity contribution in [3.05, 3.63) is 24.3 Å². The summed E-state index contributed by atoms with van der Waals surface area (Å²) in [6.45, 7) is 2.69. The highest BCUT2D eigenvalue weighted by Gasteiger charge is 2.36. The van der Waals surface area contributed by atoms with Gasteiger partial charge in [0.25, 0.3) is 0 Å². The highest BCUT2D eigenvalue weighted by atomic mass is 32.2. The maximum Gasteiger partial charge on any atom is 0.310 e. The zero-order valence-corrected chi connectivity index (χ0v) is 13.4. The second-order valence-corrected chi connectivity index (χ2v) is 9.21. The Labute approximate surface area is 119 Å². The van der Waals surface area contributed by atoms with Gasteiger partial charge in [-0.25, -0.2) is 8.42 Å². The van der Waals surface area contributed by atoms with E-state index in [2.05, 4.69) is 0 Å². The van der Waals surface area contributed by atoms with Gasteiger partial charge in [0.1, 0.15) is 17.3 Å². The summed E-state index contributed by atoms with van der Waals surface area (Å²) in [4.78, 5) is 0. The number of rotatable bonds is 6. The first-order valence-electron chi connectivity index (χ1n) is 5.73. The van der Waals surface area contributed by atoms with Gasteiger partial charge in [0.05, 0.1) is 11.9 Å². The molecule has 0 spiro atoms. The molecule has 0 saturated heterocycles. The van der Waals surface area contributed by atoms with E-state index in [0.29, 0.717) is 5.75 Å². The minimum Gasteiger partial charge on any atom is -0.497 e. The summed E-state index contributed by atoms with van der Waals surface area (Å²) in [5.41, 5.74) is 0. The van der Waals surface area contributed by atoms with Crippen LogP contribution in [0.15, 0.2) is 24.3 Å². The molecular weight excluding hydrogens is 304 g/mol. The number of hydrogen-bond donors (Lipinski definition) is 0. The zero-order chi connectivity index (χ0) is 15.6. The highest BCUT2D eigenvalue weighted by molar-refractivity contribution is 7.94.